The fourth-order valence-electron chi connectivity index (χ4n) is 2.15. The van der Waals surface area contributed by atoms with Crippen LogP contribution < -0.4 is 0 Å². The number of carbonyl (C=O) groups excluding carboxylic acids is 1. The third-order valence-electron chi connectivity index (χ3n) is 3.22. The molecule has 0 aromatic carbocycles. The van der Waals surface area contributed by atoms with Crippen molar-refractivity contribution < 1.29 is 9.90 Å². The van der Waals surface area contributed by atoms with Gasteiger partial charge >= 0.3 is 0 Å². The van der Waals surface area contributed by atoms with Crippen LogP contribution in [0.1, 0.15) is 32.1 Å². The van der Waals surface area contributed by atoms with E-state index in [1.54, 1.807) is 4.90 Å². The standard InChI is InChI=1S/C10H17NO2/c1-11(10(13)7-5-6-7)8-3-2-4-9(8)12/h7-9,12H,2-6H2,1H3. The van der Waals surface area contributed by atoms with Gasteiger partial charge in [-0.15, -0.1) is 0 Å². The normalized spacial score (nSPS) is 33.4. The van der Waals surface area contributed by atoms with Gasteiger partial charge < -0.3 is 10.0 Å². The molecule has 0 radical (unpaired) electrons. The number of aliphatic hydroxyl groups is 1. The molecule has 2 aliphatic carbocycles. The number of carbonyl (C=O) groups is 1. The topological polar surface area (TPSA) is 40.5 Å². The zero-order chi connectivity index (χ0) is 9.42. The van der Waals surface area contributed by atoms with Crippen molar-refractivity contribution in [1.29, 1.82) is 0 Å². The fourth-order valence-corrected chi connectivity index (χ4v) is 2.15. The first kappa shape index (κ1) is 9.00. The van der Waals surface area contributed by atoms with E-state index in [9.17, 15) is 9.90 Å². The summed E-state index contributed by atoms with van der Waals surface area (Å²) in [6.45, 7) is 0. The summed E-state index contributed by atoms with van der Waals surface area (Å²) in [5, 5.41) is 9.62. The zero-order valence-corrected chi connectivity index (χ0v) is 8.07. The maximum Gasteiger partial charge on any atom is 0.225 e. The highest BCUT2D eigenvalue weighted by Crippen LogP contribution is 2.33. The van der Waals surface area contributed by atoms with Gasteiger partial charge in [-0.25, -0.2) is 0 Å². The minimum atomic E-state index is -0.285. The molecule has 3 heteroatoms. The van der Waals surface area contributed by atoms with Gasteiger partial charge in [-0.2, -0.15) is 0 Å². The monoisotopic (exact) mass is 183 g/mol. The van der Waals surface area contributed by atoms with E-state index in [0.717, 1.165) is 32.1 Å². The van der Waals surface area contributed by atoms with Crippen molar-refractivity contribution in [3.05, 3.63) is 0 Å². The van der Waals surface area contributed by atoms with Crippen LogP contribution in [0.3, 0.4) is 0 Å². The Hall–Kier alpha value is -0.570. The van der Waals surface area contributed by atoms with Crippen molar-refractivity contribution in [1.82, 2.24) is 4.90 Å². The highest BCUT2D eigenvalue weighted by atomic mass is 16.3. The molecule has 74 valence electrons. The molecule has 2 aliphatic rings. The van der Waals surface area contributed by atoms with Gasteiger partial charge in [0.2, 0.25) is 5.91 Å². The molecule has 1 amide bonds. The van der Waals surface area contributed by atoms with Crippen molar-refractivity contribution >= 4 is 5.91 Å². The van der Waals surface area contributed by atoms with Crippen molar-refractivity contribution in [2.24, 2.45) is 5.92 Å². The lowest BCUT2D eigenvalue weighted by Crippen LogP contribution is -2.42. The van der Waals surface area contributed by atoms with Gasteiger partial charge in [0.1, 0.15) is 0 Å². The minimum Gasteiger partial charge on any atom is -0.391 e. The molecule has 13 heavy (non-hydrogen) atoms. The van der Waals surface area contributed by atoms with Gasteiger partial charge in [0.25, 0.3) is 0 Å². The van der Waals surface area contributed by atoms with Gasteiger partial charge in [-0.3, -0.25) is 4.79 Å². The van der Waals surface area contributed by atoms with Crippen molar-refractivity contribution in [3.8, 4) is 0 Å². The van der Waals surface area contributed by atoms with Crippen molar-refractivity contribution in [3.63, 3.8) is 0 Å². The Balaban J connectivity index is 1.94. The van der Waals surface area contributed by atoms with Crippen LogP contribution in [0, 0.1) is 5.92 Å². The summed E-state index contributed by atoms with van der Waals surface area (Å²) in [7, 11) is 1.83. The largest absolute Gasteiger partial charge is 0.391 e. The lowest BCUT2D eigenvalue weighted by molar-refractivity contribution is -0.135. The van der Waals surface area contributed by atoms with Crippen LogP contribution in [0.25, 0.3) is 0 Å². The number of nitrogens with zero attached hydrogens (tertiary/aromatic N) is 1. The third-order valence-corrected chi connectivity index (χ3v) is 3.22. The molecule has 0 aliphatic heterocycles. The van der Waals surface area contributed by atoms with Gasteiger partial charge in [0.05, 0.1) is 12.1 Å². The van der Waals surface area contributed by atoms with Gasteiger partial charge in [-0.1, -0.05) is 0 Å². The number of likely N-dealkylation sites (N-methyl/N-ethyl adjacent to an activating group) is 1. The second-order valence-corrected chi connectivity index (χ2v) is 4.29. The maximum atomic E-state index is 11.7. The number of hydrogen-bond acceptors (Lipinski definition) is 2. The Kier molecular flexibility index (Phi) is 2.28. The fraction of sp³-hybridized carbons (Fsp3) is 0.900. The molecule has 0 saturated heterocycles. The Bertz CT molecular complexity index is 213. The SMILES string of the molecule is CN(C(=O)C1CC1)C1CCCC1O. The van der Waals surface area contributed by atoms with Crippen LogP contribution in [-0.4, -0.2) is 35.1 Å². The number of amides is 1. The Morgan fingerprint density at radius 1 is 1.31 bits per heavy atom. The number of rotatable bonds is 2. The summed E-state index contributed by atoms with van der Waals surface area (Å²) in [5.74, 6) is 0.517. The third kappa shape index (κ3) is 1.70. The Morgan fingerprint density at radius 2 is 2.00 bits per heavy atom. The molecule has 0 bridgehead atoms. The predicted molar refractivity (Wildman–Crippen MR) is 49.1 cm³/mol. The molecule has 0 heterocycles. The predicted octanol–water partition coefficient (Wildman–Crippen LogP) is 0.768. The highest BCUT2D eigenvalue weighted by Gasteiger charge is 2.37. The first-order valence-electron chi connectivity index (χ1n) is 5.15. The smallest absolute Gasteiger partial charge is 0.225 e. The lowest BCUT2D eigenvalue weighted by atomic mass is 10.2. The molecule has 2 saturated carbocycles. The van der Waals surface area contributed by atoms with Crippen molar-refractivity contribution in [2.45, 2.75) is 44.2 Å². The zero-order valence-electron chi connectivity index (χ0n) is 8.07. The van der Waals surface area contributed by atoms with Crippen molar-refractivity contribution in [2.75, 3.05) is 7.05 Å². The van der Waals surface area contributed by atoms with Gasteiger partial charge in [-0.05, 0) is 32.1 Å². The van der Waals surface area contributed by atoms with Crippen LogP contribution in [0.15, 0.2) is 0 Å². The van der Waals surface area contributed by atoms with Crippen LogP contribution in [0.4, 0.5) is 0 Å². The average molecular weight is 183 g/mol. The average Bonchev–Trinajstić information content (AvgIpc) is 2.87. The Morgan fingerprint density at radius 3 is 2.46 bits per heavy atom. The molecule has 3 nitrogen and oxygen atoms in total. The summed E-state index contributed by atoms with van der Waals surface area (Å²) in [4.78, 5) is 13.4. The quantitative estimate of drug-likeness (QED) is 0.687. The van der Waals surface area contributed by atoms with Crippen LogP contribution >= 0.6 is 0 Å². The molecule has 2 atom stereocenters. The highest BCUT2D eigenvalue weighted by molar-refractivity contribution is 5.81. The first-order chi connectivity index (χ1) is 6.20. The number of aliphatic hydroxyl groups excluding tert-OH is 1. The first-order valence-corrected chi connectivity index (χ1v) is 5.15. The van der Waals surface area contributed by atoms with E-state index in [0.29, 0.717) is 0 Å². The second kappa shape index (κ2) is 3.29. The van der Waals surface area contributed by atoms with E-state index in [1.807, 2.05) is 7.05 Å². The molecule has 1 N–H and O–H groups in total. The van der Waals surface area contributed by atoms with Crippen LogP contribution in [0.2, 0.25) is 0 Å². The van der Waals surface area contributed by atoms with E-state index in [-0.39, 0.29) is 24.0 Å². The Labute approximate surface area is 78.7 Å². The van der Waals surface area contributed by atoms with Gasteiger partial charge in [0, 0.05) is 13.0 Å². The van der Waals surface area contributed by atoms with E-state index in [2.05, 4.69) is 0 Å². The molecular formula is C10H17NO2. The molecule has 0 aromatic rings. The van der Waals surface area contributed by atoms with E-state index < -0.39 is 0 Å². The van der Waals surface area contributed by atoms with Crippen LogP contribution in [0.5, 0.6) is 0 Å². The van der Waals surface area contributed by atoms with E-state index in [4.69, 9.17) is 0 Å². The lowest BCUT2D eigenvalue weighted by Gasteiger charge is -2.27. The maximum absolute atomic E-state index is 11.7. The van der Waals surface area contributed by atoms with E-state index >= 15 is 0 Å². The molecule has 0 spiro atoms. The number of hydrogen-bond donors (Lipinski definition) is 1. The molecule has 2 unspecified atom stereocenters. The van der Waals surface area contributed by atoms with Gasteiger partial charge in [0.15, 0.2) is 0 Å². The minimum absolute atomic E-state index is 0.0908. The molecule has 0 aromatic heterocycles. The summed E-state index contributed by atoms with van der Waals surface area (Å²) in [5.41, 5.74) is 0. The summed E-state index contributed by atoms with van der Waals surface area (Å²) in [6.07, 6.45) is 4.68. The molecule has 2 fully saturated rings. The van der Waals surface area contributed by atoms with E-state index in [1.165, 1.54) is 0 Å². The molecular weight excluding hydrogens is 166 g/mol. The summed E-state index contributed by atoms with van der Waals surface area (Å²) < 4.78 is 0. The summed E-state index contributed by atoms with van der Waals surface area (Å²) in [6, 6.07) is 0.0908. The second-order valence-electron chi connectivity index (χ2n) is 4.29. The summed E-state index contributed by atoms with van der Waals surface area (Å²) >= 11 is 0. The molecule has 2 rings (SSSR count). The van der Waals surface area contributed by atoms with Crippen LogP contribution in [-0.2, 0) is 4.79 Å².